The molecular weight excluding hydrogens is 292 g/mol. The van der Waals surface area contributed by atoms with E-state index in [0.29, 0.717) is 16.3 Å². The van der Waals surface area contributed by atoms with Gasteiger partial charge in [0.25, 0.3) is 0 Å². The Labute approximate surface area is 128 Å². The summed E-state index contributed by atoms with van der Waals surface area (Å²) >= 11 is 5.94. The van der Waals surface area contributed by atoms with E-state index < -0.39 is 5.97 Å². The summed E-state index contributed by atoms with van der Waals surface area (Å²) in [7, 11) is 2.96. The molecule has 0 radical (unpaired) electrons. The van der Waals surface area contributed by atoms with E-state index >= 15 is 0 Å². The standard InChI is InChI=1S/C16H17ClO4/c1-11(13(10-20-2)16(18)19)5-4-6-12-7-8-14(17)15(9-12)21-3/h4-10H,1-3H3,(H,18,19). The van der Waals surface area contributed by atoms with E-state index in [1.165, 1.54) is 13.4 Å². The number of halogens is 1. The van der Waals surface area contributed by atoms with Gasteiger partial charge in [0.1, 0.15) is 5.75 Å². The van der Waals surface area contributed by atoms with Crippen LogP contribution in [0.5, 0.6) is 5.75 Å². The monoisotopic (exact) mass is 308 g/mol. The molecule has 0 aromatic heterocycles. The molecule has 1 aromatic carbocycles. The molecular formula is C16H17ClO4. The highest BCUT2D eigenvalue weighted by atomic mass is 35.5. The fourth-order valence-corrected chi connectivity index (χ4v) is 1.80. The van der Waals surface area contributed by atoms with Crippen LogP contribution in [0.4, 0.5) is 0 Å². The minimum atomic E-state index is -1.04. The van der Waals surface area contributed by atoms with Gasteiger partial charge in [0.2, 0.25) is 0 Å². The first kappa shape index (κ1) is 16.9. The van der Waals surface area contributed by atoms with Crippen LogP contribution in [0, 0.1) is 0 Å². The molecule has 1 N–H and O–H groups in total. The minimum absolute atomic E-state index is 0.107. The zero-order valence-electron chi connectivity index (χ0n) is 12.1. The quantitative estimate of drug-likeness (QED) is 0.491. The van der Waals surface area contributed by atoms with Crippen molar-refractivity contribution in [2.45, 2.75) is 6.92 Å². The van der Waals surface area contributed by atoms with Gasteiger partial charge in [-0.2, -0.15) is 0 Å². The van der Waals surface area contributed by atoms with Crippen LogP contribution < -0.4 is 4.74 Å². The molecule has 0 aliphatic carbocycles. The topological polar surface area (TPSA) is 55.8 Å². The minimum Gasteiger partial charge on any atom is -0.503 e. The van der Waals surface area contributed by atoms with Crippen molar-refractivity contribution in [2.24, 2.45) is 0 Å². The molecule has 1 rings (SSSR count). The second-order valence-corrected chi connectivity index (χ2v) is 4.58. The van der Waals surface area contributed by atoms with Gasteiger partial charge in [-0.25, -0.2) is 4.79 Å². The number of hydrogen-bond acceptors (Lipinski definition) is 3. The molecule has 4 nitrogen and oxygen atoms in total. The number of hydrogen-bond donors (Lipinski definition) is 1. The van der Waals surface area contributed by atoms with Crippen molar-refractivity contribution in [1.82, 2.24) is 0 Å². The molecule has 0 aliphatic heterocycles. The summed E-state index contributed by atoms with van der Waals surface area (Å²) in [5.74, 6) is -0.447. The number of methoxy groups -OCH3 is 2. The van der Waals surface area contributed by atoms with E-state index in [2.05, 4.69) is 0 Å². The van der Waals surface area contributed by atoms with Crippen molar-refractivity contribution in [3.63, 3.8) is 0 Å². The Hall–Kier alpha value is -2.20. The summed E-state index contributed by atoms with van der Waals surface area (Å²) in [6.45, 7) is 1.70. The van der Waals surface area contributed by atoms with Gasteiger partial charge in [-0.1, -0.05) is 35.9 Å². The molecule has 0 bridgehead atoms. The average molecular weight is 309 g/mol. The fraction of sp³-hybridized carbons (Fsp3) is 0.188. The normalized spacial score (nSPS) is 12.6. The largest absolute Gasteiger partial charge is 0.503 e. The van der Waals surface area contributed by atoms with Gasteiger partial charge in [-0.3, -0.25) is 0 Å². The summed E-state index contributed by atoms with van der Waals surface area (Å²) < 4.78 is 9.89. The van der Waals surface area contributed by atoms with Gasteiger partial charge in [0, 0.05) is 0 Å². The Balaban J connectivity index is 2.92. The predicted octanol–water partition coefficient (Wildman–Crippen LogP) is 3.92. The molecule has 5 heteroatoms. The SMILES string of the molecule is COC=C(C(=O)O)C(C)=CC=Cc1ccc(Cl)c(OC)c1. The lowest BCUT2D eigenvalue weighted by atomic mass is 10.1. The smallest absolute Gasteiger partial charge is 0.339 e. The summed E-state index contributed by atoms with van der Waals surface area (Å²) in [5, 5.41) is 9.58. The number of aliphatic carboxylic acids is 1. The molecule has 0 spiro atoms. The van der Waals surface area contributed by atoms with Crippen LogP contribution in [0.3, 0.4) is 0 Å². The van der Waals surface area contributed by atoms with Crippen LogP contribution in [0.15, 0.2) is 47.8 Å². The Kier molecular flexibility index (Phi) is 6.56. The molecule has 0 amide bonds. The molecule has 0 aliphatic rings. The van der Waals surface area contributed by atoms with Crippen molar-refractivity contribution < 1.29 is 19.4 Å². The highest BCUT2D eigenvalue weighted by Crippen LogP contribution is 2.25. The third kappa shape index (κ3) is 5.00. The highest BCUT2D eigenvalue weighted by Gasteiger charge is 2.08. The zero-order valence-corrected chi connectivity index (χ0v) is 12.8. The number of allylic oxidation sites excluding steroid dienone is 2. The summed E-state index contributed by atoms with van der Waals surface area (Å²) in [4.78, 5) is 11.0. The fourth-order valence-electron chi connectivity index (χ4n) is 1.60. The van der Waals surface area contributed by atoms with E-state index in [0.717, 1.165) is 5.56 Å². The third-order valence-electron chi connectivity index (χ3n) is 2.70. The molecule has 0 fully saturated rings. The van der Waals surface area contributed by atoms with Gasteiger partial charge in [0.15, 0.2) is 0 Å². The average Bonchev–Trinajstić information content (AvgIpc) is 2.45. The second kappa shape index (κ2) is 8.17. The van der Waals surface area contributed by atoms with Gasteiger partial charge in [-0.05, 0) is 30.2 Å². The second-order valence-electron chi connectivity index (χ2n) is 4.18. The van der Waals surface area contributed by atoms with E-state index in [4.69, 9.17) is 26.2 Å². The van der Waals surface area contributed by atoms with Crippen LogP contribution in [-0.4, -0.2) is 25.3 Å². The van der Waals surface area contributed by atoms with Gasteiger partial charge < -0.3 is 14.6 Å². The first-order valence-corrected chi connectivity index (χ1v) is 6.52. The first-order valence-electron chi connectivity index (χ1n) is 6.14. The maximum Gasteiger partial charge on any atom is 0.339 e. The summed E-state index contributed by atoms with van der Waals surface area (Å²) in [6, 6.07) is 5.38. The molecule has 0 atom stereocenters. The Morgan fingerprint density at radius 1 is 1.33 bits per heavy atom. The van der Waals surface area contributed by atoms with Crippen LogP contribution in [0.1, 0.15) is 12.5 Å². The van der Waals surface area contributed by atoms with Gasteiger partial charge >= 0.3 is 5.97 Å². The lowest BCUT2D eigenvalue weighted by molar-refractivity contribution is -0.132. The van der Waals surface area contributed by atoms with E-state index in [1.54, 1.807) is 38.3 Å². The molecule has 0 unspecified atom stereocenters. The first-order chi connectivity index (χ1) is 9.99. The summed E-state index contributed by atoms with van der Waals surface area (Å²) in [5.41, 5.74) is 1.59. The van der Waals surface area contributed by atoms with Crippen molar-refractivity contribution in [1.29, 1.82) is 0 Å². The van der Waals surface area contributed by atoms with Crippen LogP contribution in [0.25, 0.3) is 6.08 Å². The van der Waals surface area contributed by atoms with Gasteiger partial charge in [0.05, 0.1) is 31.1 Å². The Morgan fingerprint density at radius 3 is 2.62 bits per heavy atom. The van der Waals surface area contributed by atoms with Crippen LogP contribution in [0.2, 0.25) is 5.02 Å². The summed E-state index contributed by atoms with van der Waals surface area (Å²) in [6.07, 6.45) is 6.48. The number of carboxylic acid groups (broad SMARTS) is 1. The maximum atomic E-state index is 11.0. The van der Waals surface area contributed by atoms with Crippen LogP contribution in [-0.2, 0) is 9.53 Å². The van der Waals surface area contributed by atoms with Crippen molar-refractivity contribution >= 4 is 23.6 Å². The third-order valence-corrected chi connectivity index (χ3v) is 3.01. The van der Waals surface area contributed by atoms with Crippen molar-refractivity contribution in [2.75, 3.05) is 14.2 Å². The van der Waals surface area contributed by atoms with Crippen molar-refractivity contribution in [3.05, 3.63) is 58.3 Å². The molecule has 0 saturated heterocycles. The molecule has 1 aromatic rings. The number of ether oxygens (including phenoxy) is 2. The van der Waals surface area contributed by atoms with E-state index in [1.807, 2.05) is 12.1 Å². The molecule has 0 heterocycles. The number of benzene rings is 1. The van der Waals surface area contributed by atoms with Crippen molar-refractivity contribution in [3.8, 4) is 5.75 Å². The van der Waals surface area contributed by atoms with Gasteiger partial charge in [-0.15, -0.1) is 0 Å². The highest BCUT2D eigenvalue weighted by molar-refractivity contribution is 6.32. The molecule has 112 valence electrons. The zero-order chi connectivity index (χ0) is 15.8. The number of carbonyl (C=O) groups is 1. The molecule has 21 heavy (non-hydrogen) atoms. The number of carboxylic acids is 1. The number of rotatable bonds is 6. The lowest BCUT2D eigenvalue weighted by Gasteiger charge is -2.03. The van der Waals surface area contributed by atoms with E-state index in [9.17, 15) is 4.79 Å². The molecule has 0 saturated carbocycles. The predicted molar refractivity (Wildman–Crippen MR) is 83.5 cm³/mol. The van der Waals surface area contributed by atoms with Crippen LogP contribution >= 0.6 is 11.6 Å². The Morgan fingerprint density at radius 2 is 2.05 bits per heavy atom. The maximum absolute atomic E-state index is 11.0. The Bertz CT molecular complexity index is 600. The van der Waals surface area contributed by atoms with E-state index in [-0.39, 0.29) is 5.57 Å². The lowest BCUT2D eigenvalue weighted by Crippen LogP contribution is -2.02.